The molecule has 3 atom stereocenters. The van der Waals surface area contributed by atoms with Crippen LogP contribution in [0.5, 0.6) is 0 Å². The highest BCUT2D eigenvalue weighted by Crippen LogP contribution is 2.26. The van der Waals surface area contributed by atoms with E-state index >= 15 is 0 Å². The van der Waals surface area contributed by atoms with Crippen molar-refractivity contribution in [2.45, 2.75) is 91.1 Å². The first-order valence-electron chi connectivity index (χ1n) is 13.9. The summed E-state index contributed by atoms with van der Waals surface area (Å²) in [5, 5.41) is 15.2. The van der Waals surface area contributed by atoms with Crippen molar-refractivity contribution in [3.05, 3.63) is 70.8 Å². The maximum Gasteiger partial charge on any atom is 0.408 e. The molecule has 0 saturated carbocycles. The first-order chi connectivity index (χ1) is 19.4. The monoisotopic (exact) mass is 583 g/mol. The molecule has 2 aromatic carbocycles. The zero-order valence-electron chi connectivity index (χ0n) is 26.1. The summed E-state index contributed by atoms with van der Waals surface area (Å²) >= 11 is 0. The van der Waals surface area contributed by atoms with Crippen LogP contribution in [0.2, 0.25) is 0 Å². The number of likely N-dealkylation sites (N-methyl/N-ethyl adjacent to an activating group) is 1. The molecular formula is C32H45N3O7. The summed E-state index contributed by atoms with van der Waals surface area (Å²) in [5.41, 5.74) is 1.31. The zero-order valence-corrected chi connectivity index (χ0v) is 26.1. The minimum Gasteiger partial charge on any atom is -0.458 e. The number of ether oxygens (including phenoxy) is 2. The second-order valence-corrected chi connectivity index (χ2v) is 12.4. The predicted molar refractivity (Wildman–Crippen MR) is 160 cm³/mol. The van der Waals surface area contributed by atoms with Gasteiger partial charge in [-0.3, -0.25) is 9.59 Å². The van der Waals surface area contributed by atoms with Gasteiger partial charge in [0.25, 0.3) is 0 Å². The van der Waals surface area contributed by atoms with Crippen LogP contribution in [0.25, 0.3) is 0 Å². The van der Waals surface area contributed by atoms with Gasteiger partial charge >= 0.3 is 12.1 Å². The van der Waals surface area contributed by atoms with Crippen LogP contribution in [0, 0.1) is 13.8 Å². The third kappa shape index (κ3) is 10.5. The van der Waals surface area contributed by atoms with Gasteiger partial charge in [0.2, 0.25) is 11.8 Å². The van der Waals surface area contributed by atoms with E-state index in [4.69, 9.17) is 9.47 Å². The molecule has 0 spiro atoms. The lowest BCUT2D eigenvalue weighted by Crippen LogP contribution is -2.55. The number of carbonyl (C=O) groups excluding carboxylic acids is 4. The van der Waals surface area contributed by atoms with Crippen molar-refractivity contribution in [2.24, 2.45) is 0 Å². The molecule has 2 rings (SSSR count). The zero-order chi connectivity index (χ0) is 31.8. The van der Waals surface area contributed by atoms with Gasteiger partial charge in [-0.2, -0.15) is 0 Å². The molecule has 3 amide bonds. The predicted octanol–water partition coefficient (Wildman–Crippen LogP) is 3.76. The number of aliphatic hydroxyl groups excluding tert-OH is 1. The van der Waals surface area contributed by atoms with Crippen LogP contribution in [-0.4, -0.2) is 70.8 Å². The Morgan fingerprint density at radius 3 is 2.00 bits per heavy atom. The van der Waals surface area contributed by atoms with Gasteiger partial charge in [-0.15, -0.1) is 0 Å². The molecule has 10 nitrogen and oxygen atoms in total. The van der Waals surface area contributed by atoms with Crippen molar-refractivity contribution in [2.75, 3.05) is 13.7 Å². The number of nitrogens with one attached hydrogen (secondary N) is 2. The van der Waals surface area contributed by atoms with Crippen LogP contribution in [0.4, 0.5) is 4.79 Å². The van der Waals surface area contributed by atoms with Crippen molar-refractivity contribution < 1.29 is 33.8 Å². The highest BCUT2D eigenvalue weighted by molar-refractivity contribution is 5.94. The first kappa shape index (κ1) is 34.3. The molecule has 0 aliphatic carbocycles. The number of hydrogen-bond acceptors (Lipinski definition) is 7. The maximum atomic E-state index is 14.1. The standard InChI is InChI=1S/C32H45N3O7/c1-20-15-16-21(2)23(17-20)26(35(9)28(38)25(19-36)34-30(40)42-32(6,7)8)27(37)33-24(29(39)41-31(3,4)5)18-22-13-11-10-12-14-22/h10-17,24-26,36H,18-19H2,1-9H3,(H,33,37)(H,34,40). The Kier molecular flexibility index (Phi) is 11.7. The molecule has 3 unspecified atom stereocenters. The van der Waals surface area contributed by atoms with Gasteiger partial charge < -0.3 is 30.1 Å². The molecule has 0 saturated heterocycles. The Balaban J connectivity index is 2.47. The van der Waals surface area contributed by atoms with Crippen LogP contribution in [0.15, 0.2) is 48.5 Å². The number of esters is 1. The van der Waals surface area contributed by atoms with Gasteiger partial charge in [0.1, 0.15) is 29.3 Å². The van der Waals surface area contributed by atoms with E-state index < -0.39 is 59.8 Å². The molecule has 42 heavy (non-hydrogen) atoms. The second-order valence-electron chi connectivity index (χ2n) is 12.4. The molecule has 0 bridgehead atoms. The lowest BCUT2D eigenvalue weighted by molar-refractivity contribution is -0.159. The van der Waals surface area contributed by atoms with E-state index in [0.29, 0.717) is 5.56 Å². The highest BCUT2D eigenvalue weighted by Gasteiger charge is 2.37. The van der Waals surface area contributed by atoms with Crippen LogP contribution in [0.1, 0.15) is 69.8 Å². The lowest BCUT2D eigenvalue weighted by Gasteiger charge is -2.33. The SMILES string of the molecule is Cc1ccc(C)c(C(C(=O)NC(Cc2ccccc2)C(=O)OC(C)(C)C)N(C)C(=O)C(CO)NC(=O)OC(C)(C)C)c1. The summed E-state index contributed by atoms with van der Waals surface area (Å²) in [6, 6.07) is 11.1. The van der Waals surface area contributed by atoms with Gasteiger partial charge in [-0.25, -0.2) is 9.59 Å². The number of hydrogen-bond donors (Lipinski definition) is 3. The molecule has 3 N–H and O–H groups in total. The maximum absolute atomic E-state index is 14.1. The molecule has 0 heterocycles. The molecule has 0 fully saturated rings. The van der Waals surface area contributed by atoms with Crippen LogP contribution in [0.3, 0.4) is 0 Å². The fraction of sp³-hybridized carbons (Fsp3) is 0.500. The van der Waals surface area contributed by atoms with Crippen molar-refractivity contribution in [3.63, 3.8) is 0 Å². The summed E-state index contributed by atoms with van der Waals surface area (Å²) in [6.45, 7) is 13.2. The van der Waals surface area contributed by atoms with Gasteiger partial charge in [0.05, 0.1) is 6.61 Å². The van der Waals surface area contributed by atoms with E-state index in [1.54, 1.807) is 47.6 Å². The number of rotatable bonds is 10. The topological polar surface area (TPSA) is 134 Å². The summed E-state index contributed by atoms with van der Waals surface area (Å²) < 4.78 is 10.9. The lowest BCUT2D eigenvalue weighted by atomic mass is 9.96. The fourth-order valence-electron chi connectivity index (χ4n) is 4.26. The number of nitrogens with zero attached hydrogens (tertiary/aromatic N) is 1. The van der Waals surface area contributed by atoms with E-state index in [1.807, 2.05) is 56.3 Å². The number of alkyl carbamates (subject to hydrolysis) is 1. The summed E-state index contributed by atoms with van der Waals surface area (Å²) in [6.07, 6.45) is -0.720. The third-order valence-corrected chi connectivity index (χ3v) is 6.17. The minimum absolute atomic E-state index is 0.165. The molecule has 10 heteroatoms. The van der Waals surface area contributed by atoms with Crippen LogP contribution in [-0.2, 0) is 30.3 Å². The number of benzene rings is 2. The van der Waals surface area contributed by atoms with E-state index in [1.165, 1.54) is 7.05 Å². The van der Waals surface area contributed by atoms with E-state index in [0.717, 1.165) is 21.6 Å². The number of amides is 3. The highest BCUT2D eigenvalue weighted by atomic mass is 16.6. The number of carbonyl (C=O) groups is 4. The average Bonchev–Trinajstić information content (AvgIpc) is 2.87. The molecule has 0 aliphatic rings. The third-order valence-electron chi connectivity index (χ3n) is 6.17. The Hall–Kier alpha value is -3.92. The molecule has 0 aliphatic heterocycles. The number of aryl methyl sites for hydroxylation is 2. The molecule has 0 radical (unpaired) electrons. The van der Waals surface area contributed by atoms with E-state index in [2.05, 4.69) is 10.6 Å². The fourth-order valence-corrected chi connectivity index (χ4v) is 4.26. The van der Waals surface area contributed by atoms with Crippen molar-refractivity contribution in [1.29, 1.82) is 0 Å². The minimum atomic E-state index is -1.38. The molecule has 0 aromatic heterocycles. The van der Waals surface area contributed by atoms with Gasteiger partial charge in [-0.1, -0.05) is 54.1 Å². The average molecular weight is 584 g/mol. The van der Waals surface area contributed by atoms with Gasteiger partial charge in [0.15, 0.2) is 0 Å². The summed E-state index contributed by atoms with van der Waals surface area (Å²) in [7, 11) is 1.41. The first-order valence-corrected chi connectivity index (χ1v) is 13.9. The van der Waals surface area contributed by atoms with Crippen LogP contribution < -0.4 is 10.6 Å². The van der Waals surface area contributed by atoms with Crippen molar-refractivity contribution in [3.8, 4) is 0 Å². The molecule has 230 valence electrons. The van der Waals surface area contributed by atoms with E-state index in [-0.39, 0.29) is 6.42 Å². The van der Waals surface area contributed by atoms with Crippen molar-refractivity contribution in [1.82, 2.24) is 15.5 Å². The Labute approximate surface area is 248 Å². The molecular weight excluding hydrogens is 538 g/mol. The normalized spacial score (nSPS) is 13.8. The Morgan fingerprint density at radius 1 is 0.857 bits per heavy atom. The van der Waals surface area contributed by atoms with Crippen molar-refractivity contribution >= 4 is 23.9 Å². The van der Waals surface area contributed by atoms with Gasteiger partial charge in [0, 0.05) is 13.5 Å². The Bertz CT molecular complexity index is 1250. The molecule has 2 aromatic rings. The van der Waals surface area contributed by atoms with Crippen LogP contribution >= 0.6 is 0 Å². The number of aliphatic hydroxyl groups is 1. The summed E-state index contributed by atoms with van der Waals surface area (Å²) in [5.74, 6) is -1.96. The quantitative estimate of drug-likeness (QED) is 0.363. The van der Waals surface area contributed by atoms with Gasteiger partial charge in [-0.05, 0) is 72.1 Å². The van der Waals surface area contributed by atoms with E-state index in [9.17, 15) is 24.3 Å². The smallest absolute Gasteiger partial charge is 0.408 e. The summed E-state index contributed by atoms with van der Waals surface area (Å²) in [4.78, 5) is 54.5. The second kappa shape index (κ2) is 14.3. The Morgan fingerprint density at radius 2 is 1.45 bits per heavy atom. The largest absolute Gasteiger partial charge is 0.458 e.